The Balaban J connectivity index is 1.63. The lowest BCUT2D eigenvalue weighted by Gasteiger charge is -2.22. The van der Waals surface area contributed by atoms with Crippen LogP contribution in [0.1, 0.15) is 55.2 Å². The van der Waals surface area contributed by atoms with Gasteiger partial charge in [0.1, 0.15) is 5.78 Å². The quantitative estimate of drug-likeness (QED) is 0.901. The highest BCUT2D eigenvalue weighted by Gasteiger charge is 2.31. The lowest BCUT2D eigenvalue weighted by Crippen LogP contribution is -2.39. The fourth-order valence-corrected chi connectivity index (χ4v) is 3.67. The number of hydrogen-bond acceptors (Lipinski definition) is 2. The van der Waals surface area contributed by atoms with Gasteiger partial charge < -0.3 is 5.73 Å². The summed E-state index contributed by atoms with van der Waals surface area (Å²) in [5.74, 6) is 0.308. The summed E-state index contributed by atoms with van der Waals surface area (Å²) >= 11 is 0. The average molecular weight is 257 g/mol. The average Bonchev–Trinajstić information content (AvgIpc) is 2.97. The Hall–Kier alpha value is -1.15. The van der Waals surface area contributed by atoms with Crippen molar-refractivity contribution in [2.45, 2.75) is 63.3 Å². The zero-order valence-corrected chi connectivity index (χ0v) is 11.6. The van der Waals surface area contributed by atoms with E-state index < -0.39 is 0 Å². The molecule has 0 aliphatic heterocycles. The Morgan fingerprint density at radius 3 is 2.63 bits per heavy atom. The summed E-state index contributed by atoms with van der Waals surface area (Å²) in [6, 6.07) is 6.57. The summed E-state index contributed by atoms with van der Waals surface area (Å²) < 4.78 is 0. The first-order chi connectivity index (χ1) is 9.15. The van der Waals surface area contributed by atoms with E-state index in [1.165, 1.54) is 48.8 Å². The topological polar surface area (TPSA) is 43.1 Å². The summed E-state index contributed by atoms with van der Waals surface area (Å²) in [6.45, 7) is 0. The van der Waals surface area contributed by atoms with E-state index in [1.807, 2.05) is 0 Å². The number of nitrogens with two attached hydrogens (primary N) is 1. The van der Waals surface area contributed by atoms with Gasteiger partial charge in [-0.05, 0) is 48.8 Å². The van der Waals surface area contributed by atoms with Crippen LogP contribution in [0.4, 0.5) is 0 Å². The van der Waals surface area contributed by atoms with E-state index in [0.717, 1.165) is 12.8 Å². The van der Waals surface area contributed by atoms with Crippen LogP contribution in [0.2, 0.25) is 0 Å². The van der Waals surface area contributed by atoms with Crippen LogP contribution in [0.5, 0.6) is 0 Å². The molecule has 1 saturated carbocycles. The van der Waals surface area contributed by atoms with Gasteiger partial charge in [-0.1, -0.05) is 31.0 Å². The van der Waals surface area contributed by atoms with Crippen molar-refractivity contribution in [3.63, 3.8) is 0 Å². The second-order valence-electron chi connectivity index (χ2n) is 6.42. The summed E-state index contributed by atoms with van der Waals surface area (Å²) in [6.07, 6.45) is 9.17. The van der Waals surface area contributed by atoms with Crippen molar-refractivity contribution in [1.29, 1.82) is 0 Å². The number of aryl methyl sites for hydroxylation is 2. The summed E-state index contributed by atoms with van der Waals surface area (Å²) in [4.78, 5) is 12.2. The van der Waals surface area contributed by atoms with E-state index in [0.29, 0.717) is 18.6 Å². The normalized spacial score (nSPS) is 20.5. The van der Waals surface area contributed by atoms with Crippen LogP contribution < -0.4 is 5.73 Å². The zero-order chi connectivity index (χ0) is 13.3. The molecule has 1 aromatic carbocycles. The molecule has 0 spiro atoms. The number of benzene rings is 1. The number of rotatable bonds is 4. The van der Waals surface area contributed by atoms with Gasteiger partial charge in [0, 0.05) is 18.4 Å². The maximum atomic E-state index is 12.2. The molecule has 19 heavy (non-hydrogen) atoms. The molecular weight excluding hydrogens is 234 g/mol. The second-order valence-corrected chi connectivity index (χ2v) is 6.42. The number of fused-ring (bicyclic) bond motifs is 1. The van der Waals surface area contributed by atoms with Gasteiger partial charge in [-0.15, -0.1) is 0 Å². The maximum absolute atomic E-state index is 12.2. The van der Waals surface area contributed by atoms with Crippen molar-refractivity contribution in [2.75, 3.05) is 0 Å². The highest BCUT2D eigenvalue weighted by Crippen LogP contribution is 2.31. The van der Waals surface area contributed by atoms with Crippen LogP contribution >= 0.6 is 0 Å². The molecule has 2 aliphatic rings. The number of hydrogen-bond donors (Lipinski definition) is 1. The molecule has 0 heterocycles. The van der Waals surface area contributed by atoms with Crippen LogP contribution in [-0.2, 0) is 24.1 Å². The van der Waals surface area contributed by atoms with Gasteiger partial charge in [0.25, 0.3) is 0 Å². The van der Waals surface area contributed by atoms with Crippen LogP contribution in [0.15, 0.2) is 18.2 Å². The fraction of sp³-hybridized carbons (Fsp3) is 0.588. The molecular formula is C17H23NO. The van der Waals surface area contributed by atoms with Gasteiger partial charge in [-0.25, -0.2) is 0 Å². The van der Waals surface area contributed by atoms with Crippen LogP contribution in [0.25, 0.3) is 0 Å². The van der Waals surface area contributed by atoms with Gasteiger partial charge in [0.05, 0.1) is 0 Å². The van der Waals surface area contributed by atoms with Crippen molar-refractivity contribution >= 4 is 5.78 Å². The predicted molar refractivity (Wildman–Crippen MR) is 77.2 cm³/mol. The molecule has 0 atom stereocenters. The van der Waals surface area contributed by atoms with Crippen LogP contribution in [0, 0.1) is 0 Å². The molecule has 0 saturated heterocycles. The third-order valence-electron chi connectivity index (χ3n) is 4.71. The maximum Gasteiger partial charge on any atom is 0.139 e. The minimum Gasteiger partial charge on any atom is -0.325 e. The summed E-state index contributed by atoms with van der Waals surface area (Å²) in [5, 5.41) is 0. The molecule has 2 nitrogen and oxygen atoms in total. The van der Waals surface area contributed by atoms with Crippen LogP contribution in [0.3, 0.4) is 0 Å². The highest BCUT2D eigenvalue weighted by atomic mass is 16.1. The number of carbonyl (C=O) groups excluding carboxylic acids is 1. The molecule has 1 fully saturated rings. The summed E-state index contributed by atoms with van der Waals surface area (Å²) in [7, 11) is 0. The van der Waals surface area contributed by atoms with Gasteiger partial charge in [0.15, 0.2) is 0 Å². The monoisotopic (exact) mass is 257 g/mol. The SMILES string of the molecule is NC1(CC(=O)Cc2ccc3c(c2)CCC3)CCCC1. The van der Waals surface area contributed by atoms with Crippen molar-refractivity contribution in [3.8, 4) is 0 Å². The lowest BCUT2D eigenvalue weighted by atomic mass is 9.90. The third-order valence-corrected chi connectivity index (χ3v) is 4.71. The molecule has 0 aromatic heterocycles. The molecule has 3 rings (SSSR count). The lowest BCUT2D eigenvalue weighted by molar-refractivity contribution is -0.119. The first-order valence-corrected chi connectivity index (χ1v) is 7.56. The Labute approximate surface area is 115 Å². The predicted octanol–water partition coefficient (Wildman–Crippen LogP) is 2.95. The van der Waals surface area contributed by atoms with E-state index in [9.17, 15) is 4.79 Å². The van der Waals surface area contributed by atoms with Crippen molar-refractivity contribution in [2.24, 2.45) is 5.73 Å². The van der Waals surface area contributed by atoms with Crippen LogP contribution in [-0.4, -0.2) is 11.3 Å². The molecule has 1 aromatic rings. The minimum absolute atomic E-state index is 0.201. The van der Waals surface area contributed by atoms with E-state index in [-0.39, 0.29) is 5.54 Å². The number of carbonyl (C=O) groups is 1. The Bertz CT molecular complexity index is 486. The first-order valence-electron chi connectivity index (χ1n) is 7.56. The molecule has 0 amide bonds. The second kappa shape index (κ2) is 5.09. The van der Waals surface area contributed by atoms with E-state index in [1.54, 1.807) is 0 Å². The number of Topliss-reactive ketones (excluding diaryl/α,β-unsaturated/α-hetero) is 1. The Morgan fingerprint density at radius 1 is 1.11 bits per heavy atom. The van der Waals surface area contributed by atoms with E-state index in [4.69, 9.17) is 5.73 Å². The van der Waals surface area contributed by atoms with E-state index in [2.05, 4.69) is 18.2 Å². The van der Waals surface area contributed by atoms with Gasteiger partial charge in [0.2, 0.25) is 0 Å². The standard InChI is InChI=1S/C17H23NO/c18-17(8-1-2-9-17)12-16(19)11-13-6-7-14-4-3-5-15(14)10-13/h6-7,10H,1-5,8-9,11-12,18H2. The Kier molecular flexibility index (Phi) is 3.44. The number of ketones is 1. The van der Waals surface area contributed by atoms with E-state index >= 15 is 0 Å². The third kappa shape index (κ3) is 2.89. The largest absolute Gasteiger partial charge is 0.325 e. The van der Waals surface area contributed by atoms with Crippen molar-refractivity contribution in [1.82, 2.24) is 0 Å². The smallest absolute Gasteiger partial charge is 0.139 e. The Morgan fingerprint density at radius 2 is 1.84 bits per heavy atom. The molecule has 0 unspecified atom stereocenters. The molecule has 0 radical (unpaired) electrons. The molecule has 2 aliphatic carbocycles. The molecule has 2 heteroatoms. The first kappa shape index (κ1) is 12.9. The van der Waals surface area contributed by atoms with Gasteiger partial charge in [-0.2, -0.15) is 0 Å². The molecule has 2 N–H and O–H groups in total. The summed E-state index contributed by atoms with van der Waals surface area (Å²) in [5.41, 5.74) is 10.2. The van der Waals surface area contributed by atoms with Crippen molar-refractivity contribution in [3.05, 3.63) is 34.9 Å². The minimum atomic E-state index is -0.201. The highest BCUT2D eigenvalue weighted by molar-refractivity contribution is 5.82. The molecule has 0 bridgehead atoms. The van der Waals surface area contributed by atoms with Gasteiger partial charge >= 0.3 is 0 Å². The van der Waals surface area contributed by atoms with Gasteiger partial charge in [-0.3, -0.25) is 4.79 Å². The molecule has 102 valence electrons. The fourth-order valence-electron chi connectivity index (χ4n) is 3.67. The van der Waals surface area contributed by atoms with Crippen molar-refractivity contribution < 1.29 is 4.79 Å². The zero-order valence-electron chi connectivity index (χ0n) is 11.6.